The minimum absolute atomic E-state index is 0.000949. The van der Waals surface area contributed by atoms with Gasteiger partial charge in [0.15, 0.2) is 15.0 Å². The molecular weight excluding hydrogens is 294 g/mol. The molecule has 3 rings (SSSR count). The molecule has 0 radical (unpaired) electrons. The number of fused-ring (bicyclic) bond motifs is 1. The van der Waals surface area contributed by atoms with E-state index in [4.69, 9.17) is 5.41 Å². The van der Waals surface area contributed by atoms with Gasteiger partial charge in [-0.1, -0.05) is 11.8 Å². The largest absolute Gasteiger partial charge is 0.378 e. The lowest BCUT2D eigenvalue weighted by atomic mass is 10.2. The summed E-state index contributed by atoms with van der Waals surface area (Å²) in [6.45, 7) is 0. The van der Waals surface area contributed by atoms with E-state index in [-0.39, 0.29) is 22.8 Å². The first kappa shape index (κ1) is 13.8. The lowest BCUT2D eigenvalue weighted by Crippen LogP contribution is -2.37. The van der Waals surface area contributed by atoms with Gasteiger partial charge in [-0.05, 0) is 24.3 Å². The molecule has 0 amide bonds. The molecule has 1 aromatic rings. The number of nitrogens with one attached hydrogen (secondary N) is 1. The molecule has 0 bridgehead atoms. The van der Waals surface area contributed by atoms with Crippen LogP contribution < -0.4 is 9.80 Å². The molecule has 2 heterocycles. The van der Waals surface area contributed by atoms with Crippen molar-refractivity contribution in [3.63, 3.8) is 0 Å². The van der Waals surface area contributed by atoms with E-state index in [9.17, 15) is 8.42 Å². The third kappa shape index (κ3) is 2.29. The van der Waals surface area contributed by atoms with Gasteiger partial charge < -0.3 is 9.80 Å². The molecule has 2 aliphatic rings. The molecule has 0 aliphatic carbocycles. The number of anilines is 2. The lowest BCUT2D eigenvalue weighted by Gasteiger charge is -2.24. The molecule has 20 heavy (non-hydrogen) atoms. The van der Waals surface area contributed by atoms with Gasteiger partial charge in [-0.2, -0.15) is 0 Å². The van der Waals surface area contributed by atoms with Gasteiger partial charge in [-0.25, -0.2) is 8.42 Å². The minimum Gasteiger partial charge on any atom is -0.378 e. The zero-order valence-corrected chi connectivity index (χ0v) is 13.0. The highest BCUT2D eigenvalue weighted by molar-refractivity contribution is 8.15. The first-order valence-electron chi connectivity index (χ1n) is 6.40. The standard InChI is InChI=1S/C13H17N3O2S2/c1-15(2)9-3-5-10(6-4-9)16-11-7-20(17,18)8-12(11)19-13(16)14/h3-6,11-12,14H,7-8H2,1-2H3/t11-,12-/m0/s1. The number of nitrogens with zero attached hydrogens (tertiary/aromatic N) is 2. The van der Waals surface area contributed by atoms with E-state index < -0.39 is 9.84 Å². The summed E-state index contributed by atoms with van der Waals surface area (Å²) in [5.74, 6) is 0.347. The third-order valence-electron chi connectivity index (χ3n) is 3.73. The van der Waals surface area contributed by atoms with Crippen LogP contribution in [0.5, 0.6) is 0 Å². The van der Waals surface area contributed by atoms with E-state index in [1.54, 1.807) is 0 Å². The Bertz CT molecular complexity index is 640. The predicted octanol–water partition coefficient (Wildman–Crippen LogP) is 1.41. The zero-order chi connectivity index (χ0) is 14.5. The Hall–Kier alpha value is -1.21. The van der Waals surface area contributed by atoms with Gasteiger partial charge in [0.05, 0.1) is 17.5 Å². The van der Waals surface area contributed by atoms with Gasteiger partial charge in [-0.3, -0.25) is 5.41 Å². The summed E-state index contributed by atoms with van der Waals surface area (Å²) in [6.07, 6.45) is 0. The van der Waals surface area contributed by atoms with Crippen LogP contribution in [0.3, 0.4) is 0 Å². The molecule has 108 valence electrons. The van der Waals surface area contributed by atoms with E-state index in [0.29, 0.717) is 5.17 Å². The topological polar surface area (TPSA) is 64.5 Å². The fourth-order valence-electron chi connectivity index (χ4n) is 2.72. The molecule has 2 atom stereocenters. The maximum absolute atomic E-state index is 11.8. The van der Waals surface area contributed by atoms with Crippen molar-refractivity contribution in [1.82, 2.24) is 0 Å². The Morgan fingerprint density at radius 1 is 1.25 bits per heavy atom. The quantitative estimate of drug-likeness (QED) is 0.894. The molecule has 1 N–H and O–H groups in total. The highest BCUT2D eigenvalue weighted by atomic mass is 32.2. The fourth-order valence-corrected chi connectivity index (χ4v) is 6.51. The second-order valence-electron chi connectivity index (χ2n) is 5.39. The van der Waals surface area contributed by atoms with E-state index in [2.05, 4.69) is 0 Å². The monoisotopic (exact) mass is 311 g/mol. The van der Waals surface area contributed by atoms with Gasteiger partial charge >= 0.3 is 0 Å². The first-order chi connectivity index (χ1) is 9.37. The third-order valence-corrected chi connectivity index (χ3v) is 6.86. The Morgan fingerprint density at radius 3 is 2.50 bits per heavy atom. The summed E-state index contributed by atoms with van der Waals surface area (Å²) in [5.41, 5.74) is 1.99. The summed E-state index contributed by atoms with van der Waals surface area (Å²) < 4.78 is 23.5. The molecule has 0 spiro atoms. The van der Waals surface area contributed by atoms with Crippen molar-refractivity contribution in [1.29, 1.82) is 5.41 Å². The minimum atomic E-state index is -2.96. The molecular formula is C13H17N3O2S2. The van der Waals surface area contributed by atoms with Crippen molar-refractivity contribution in [3.05, 3.63) is 24.3 Å². The van der Waals surface area contributed by atoms with Crippen LogP contribution in [0, 0.1) is 5.41 Å². The van der Waals surface area contributed by atoms with Crippen LogP contribution in [-0.4, -0.2) is 50.5 Å². The van der Waals surface area contributed by atoms with Gasteiger partial charge in [0.2, 0.25) is 0 Å². The molecule has 2 fully saturated rings. The Balaban J connectivity index is 1.91. The van der Waals surface area contributed by atoms with E-state index in [1.165, 1.54) is 11.8 Å². The van der Waals surface area contributed by atoms with E-state index in [1.807, 2.05) is 48.2 Å². The van der Waals surface area contributed by atoms with Crippen molar-refractivity contribution in [2.24, 2.45) is 0 Å². The summed E-state index contributed by atoms with van der Waals surface area (Å²) >= 11 is 1.37. The van der Waals surface area contributed by atoms with Crippen molar-refractivity contribution in [3.8, 4) is 0 Å². The fraction of sp³-hybridized carbons (Fsp3) is 0.462. The molecule has 7 heteroatoms. The number of sulfone groups is 1. The number of hydrogen-bond acceptors (Lipinski definition) is 5. The second kappa shape index (κ2) is 4.66. The van der Waals surface area contributed by atoms with Crippen LogP contribution in [0.1, 0.15) is 0 Å². The molecule has 0 saturated carbocycles. The summed E-state index contributed by atoms with van der Waals surface area (Å²) in [7, 11) is 0.990. The van der Waals surface area contributed by atoms with Crippen molar-refractivity contribution < 1.29 is 8.42 Å². The molecule has 0 unspecified atom stereocenters. The summed E-state index contributed by atoms with van der Waals surface area (Å²) in [4.78, 5) is 3.87. The van der Waals surface area contributed by atoms with Crippen molar-refractivity contribution >= 4 is 38.1 Å². The van der Waals surface area contributed by atoms with Crippen LogP contribution in [0.25, 0.3) is 0 Å². The highest BCUT2D eigenvalue weighted by Gasteiger charge is 2.48. The smallest absolute Gasteiger partial charge is 0.161 e. The summed E-state index contributed by atoms with van der Waals surface area (Å²) in [6, 6.07) is 7.80. The average Bonchev–Trinajstić information content (AvgIpc) is 2.79. The van der Waals surface area contributed by atoms with Gasteiger partial charge in [-0.15, -0.1) is 0 Å². The van der Waals surface area contributed by atoms with Crippen LogP contribution in [0.4, 0.5) is 11.4 Å². The maximum Gasteiger partial charge on any atom is 0.161 e. The van der Waals surface area contributed by atoms with Crippen LogP contribution in [0.2, 0.25) is 0 Å². The molecule has 1 aromatic carbocycles. The Morgan fingerprint density at radius 2 is 1.90 bits per heavy atom. The number of benzene rings is 1. The SMILES string of the molecule is CN(C)c1ccc(N2C(=N)S[C@H]3CS(=O)(=O)C[C@@H]32)cc1. The molecule has 5 nitrogen and oxygen atoms in total. The average molecular weight is 311 g/mol. The number of amidine groups is 1. The van der Waals surface area contributed by atoms with E-state index in [0.717, 1.165) is 11.4 Å². The molecule has 2 aliphatic heterocycles. The van der Waals surface area contributed by atoms with Gasteiger partial charge in [0.1, 0.15) is 0 Å². The van der Waals surface area contributed by atoms with Gasteiger partial charge in [0, 0.05) is 30.7 Å². The number of thioether (sulfide) groups is 1. The van der Waals surface area contributed by atoms with Gasteiger partial charge in [0.25, 0.3) is 0 Å². The molecule has 0 aromatic heterocycles. The van der Waals surface area contributed by atoms with Crippen LogP contribution in [-0.2, 0) is 9.84 Å². The first-order valence-corrected chi connectivity index (χ1v) is 9.10. The van der Waals surface area contributed by atoms with E-state index >= 15 is 0 Å². The molecule has 2 saturated heterocycles. The maximum atomic E-state index is 11.8. The van der Waals surface area contributed by atoms with Crippen molar-refractivity contribution in [2.75, 3.05) is 35.4 Å². The lowest BCUT2D eigenvalue weighted by molar-refractivity contribution is 0.601. The zero-order valence-electron chi connectivity index (χ0n) is 11.4. The van der Waals surface area contributed by atoms with Crippen molar-refractivity contribution in [2.45, 2.75) is 11.3 Å². The van der Waals surface area contributed by atoms with Crippen LogP contribution >= 0.6 is 11.8 Å². The van der Waals surface area contributed by atoms with Crippen LogP contribution in [0.15, 0.2) is 24.3 Å². The predicted molar refractivity (Wildman–Crippen MR) is 84.8 cm³/mol. The Kier molecular flexibility index (Phi) is 3.21. The highest BCUT2D eigenvalue weighted by Crippen LogP contribution is 2.40. The Labute approximate surface area is 123 Å². The number of rotatable bonds is 2. The normalized spacial score (nSPS) is 27.7. The second-order valence-corrected chi connectivity index (χ2v) is 8.77. The summed E-state index contributed by atoms with van der Waals surface area (Å²) in [5, 5.41) is 8.54. The number of hydrogen-bond donors (Lipinski definition) is 1.